The van der Waals surface area contributed by atoms with Crippen molar-refractivity contribution in [1.29, 1.82) is 0 Å². The van der Waals surface area contributed by atoms with E-state index in [4.69, 9.17) is 5.73 Å². The number of rotatable bonds is 4. The minimum absolute atomic E-state index is 0.203. The van der Waals surface area contributed by atoms with E-state index < -0.39 is 0 Å². The molecule has 24 heavy (non-hydrogen) atoms. The van der Waals surface area contributed by atoms with Gasteiger partial charge in [-0.2, -0.15) is 5.10 Å². The second kappa shape index (κ2) is 6.86. The Morgan fingerprint density at radius 1 is 1.21 bits per heavy atom. The lowest BCUT2D eigenvalue weighted by atomic mass is 9.84. The molecule has 1 aromatic heterocycles. The Hall–Kier alpha value is -2.63. The van der Waals surface area contributed by atoms with Crippen LogP contribution in [0.25, 0.3) is 5.69 Å². The zero-order valence-corrected chi connectivity index (χ0v) is 13.7. The summed E-state index contributed by atoms with van der Waals surface area (Å²) in [6, 6.07) is 11.2. The molecule has 3 rings (SSSR count). The molecule has 0 unspecified atom stereocenters. The first-order chi connectivity index (χ1) is 11.6. The van der Waals surface area contributed by atoms with Crippen LogP contribution in [0.15, 0.2) is 36.4 Å². The van der Waals surface area contributed by atoms with E-state index in [2.05, 4.69) is 10.4 Å². The van der Waals surface area contributed by atoms with Gasteiger partial charge in [0.25, 0.3) is 5.91 Å². The molecule has 3 N–H and O–H groups in total. The summed E-state index contributed by atoms with van der Waals surface area (Å²) < 4.78 is 1.74. The van der Waals surface area contributed by atoms with Crippen LogP contribution in [0.3, 0.4) is 0 Å². The largest absolute Gasteiger partial charge is 0.369 e. The van der Waals surface area contributed by atoms with Crippen LogP contribution in [0.2, 0.25) is 0 Å². The Morgan fingerprint density at radius 3 is 2.62 bits per heavy atom. The lowest BCUT2D eigenvalue weighted by molar-refractivity contribution is -0.123. The third kappa shape index (κ3) is 3.32. The van der Waals surface area contributed by atoms with Gasteiger partial charge in [-0.15, -0.1) is 0 Å². The van der Waals surface area contributed by atoms with Gasteiger partial charge in [0.05, 0.1) is 11.6 Å². The highest BCUT2D eigenvalue weighted by Crippen LogP contribution is 2.24. The fourth-order valence-corrected chi connectivity index (χ4v) is 3.30. The number of carbonyl (C=O) groups is 2. The fraction of sp³-hybridized carbons (Fsp3) is 0.389. The highest BCUT2D eigenvalue weighted by atomic mass is 16.2. The maximum Gasteiger partial charge on any atom is 0.272 e. The SMILES string of the molecule is Cc1cc(C(=O)N[C@H]2CCCC[C@H]2C(N)=O)nn1-c1ccccc1. The summed E-state index contributed by atoms with van der Waals surface area (Å²) in [4.78, 5) is 24.1. The fourth-order valence-electron chi connectivity index (χ4n) is 3.30. The molecule has 1 aliphatic rings. The van der Waals surface area contributed by atoms with Gasteiger partial charge in [0, 0.05) is 11.7 Å². The molecule has 126 valence electrons. The third-order valence-corrected chi connectivity index (χ3v) is 4.57. The minimum Gasteiger partial charge on any atom is -0.369 e. The van der Waals surface area contributed by atoms with Gasteiger partial charge in [-0.1, -0.05) is 31.0 Å². The number of hydrogen-bond donors (Lipinski definition) is 2. The highest BCUT2D eigenvalue weighted by molar-refractivity contribution is 5.93. The molecule has 1 aromatic carbocycles. The molecule has 6 nitrogen and oxygen atoms in total. The normalized spacial score (nSPS) is 20.5. The van der Waals surface area contributed by atoms with Crippen molar-refractivity contribution in [1.82, 2.24) is 15.1 Å². The first-order valence-electron chi connectivity index (χ1n) is 8.28. The van der Waals surface area contributed by atoms with Crippen LogP contribution >= 0.6 is 0 Å². The van der Waals surface area contributed by atoms with Gasteiger partial charge in [-0.3, -0.25) is 9.59 Å². The molecule has 0 saturated heterocycles. The van der Waals surface area contributed by atoms with Crippen LogP contribution in [0.4, 0.5) is 0 Å². The molecule has 0 radical (unpaired) electrons. The van der Waals surface area contributed by atoms with E-state index in [1.807, 2.05) is 37.3 Å². The molecule has 0 spiro atoms. The quantitative estimate of drug-likeness (QED) is 0.900. The van der Waals surface area contributed by atoms with Crippen LogP contribution in [0, 0.1) is 12.8 Å². The van der Waals surface area contributed by atoms with Gasteiger partial charge in [0.2, 0.25) is 5.91 Å². The number of aromatic nitrogens is 2. The smallest absolute Gasteiger partial charge is 0.272 e. The van der Waals surface area contributed by atoms with Gasteiger partial charge in [-0.25, -0.2) is 4.68 Å². The summed E-state index contributed by atoms with van der Waals surface area (Å²) in [6.45, 7) is 1.91. The number of amides is 2. The van der Waals surface area contributed by atoms with Crippen LogP contribution in [-0.4, -0.2) is 27.6 Å². The van der Waals surface area contributed by atoms with Crippen molar-refractivity contribution in [2.45, 2.75) is 38.6 Å². The lowest BCUT2D eigenvalue weighted by Gasteiger charge is -2.29. The monoisotopic (exact) mass is 326 g/mol. The second-order valence-electron chi connectivity index (χ2n) is 6.29. The molecule has 1 fully saturated rings. The van der Waals surface area contributed by atoms with Crippen molar-refractivity contribution in [3.63, 3.8) is 0 Å². The lowest BCUT2D eigenvalue weighted by Crippen LogP contribution is -2.47. The summed E-state index contributed by atoms with van der Waals surface area (Å²) in [6.07, 6.45) is 3.48. The summed E-state index contributed by atoms with van der Waals surface area (Å²) >= 11 is 0. The van der Waals surface area contributed by atoms with Crippen molar-refractivity contribution < 1.29 is 9.59 Å². The molecule has 6 heteroatoms. The Balaban J connectivity index is 1.77. The van der Waals surface area contributed by atoms with E-state index in [1.165, 1.54) is 0 Å². The van der Waals surface area contributed by atoms with Crippen LogP contribution in [0.1, 0.15) is 41.9 Å². The Kier molecular flexibility index (Phi) is 4.64. The van der Waals surface area contributed by atoms with Crippen molar-refractivity contribution >= 4 is 11.8 Å². The number of aryl methyl sites for hydroxylation is 1. The maximum atomic E-state index is 12.5. The molecular weight excluding hydrogens is 304 g/mol. The predicted octanol–water partition coefficient (Wildman–Crippen LogP) is 1.95. The Bertz CT molecular complexity index is 739. The van der Waals surface area contributed by atoms with E-state index in [1.54, 1.807) is 10.7 Å². The third-order valence-electron chi connectivity index (χ3n) is 4.57. The Labute approximate surface area is 141 Å². The van der Waals surface area contributed by atoms with Crippen LogP contribution < -0.4 is 11.1 Å². The van der Waals surface area contributed by atoms with E-state index >= 15 is 0 Å². The zero-order valence-electron chi connectivity index (χ0n) is 13.7. The number of nitrogens with two attached hydrogens (primary N) is 1. The average Bonchev–Trinajstić information content (AvgIpc) is 2.98. The summed E-state index contributed by atoms with van der Waals surface area (Å²) in [5.41, 5.74) is 7.60. The minimum atomic E-state index is -0.342. The van der Waals surface area contributed by atoms with Gasteiger partial charge < -0.3 is 11.1 Å². The molecule has 0 aliphatic heterocycles. The van der Waals surface area contributed by atoms with Gasteiger partial charge in [-0.05, 0) is 38.0 Å². The van der Waals surface area contributed by atoms with E-state index in [0.717, 1.165) is 37.1 Å². The molecule has 2 aromatic rings. The highest BCUT2D eigenvalue weighted by Gasteiger charge is 2.31. The van der Waals surface area contributed by atoms with Crippen molar-refractivity contribution in [3.8, 4) is 5.69 Å². The van der Waals surface area contributed by atoms with Crippen molar-refractivity contribution in [3.05, 3.63) is 47.8 Å². The number of nitrogens with zero attached hydrogens (tertiary/aromatic N) is 2. The zero-order chi connectivity index (χ0) is 17.1. The summed E-state index contributed by atoms with van der Waals surface area (Å²) in [5, 5.41) is 7.35. The number of nitrogens with one attached hydrogen (secondary N) is 1. The number of benzene rings is 1. The second-order valence-corrected chi connectivity index (χ2v) is 6.29. The van der Waals surface area contributed by atoms with Crippen LogP contribution in [-0.2, 0) is 4.79 Å². The van der Waals surface area contributed by atoms with Gasteiger partial charge in [0.1, 0.15) is 0 Å². The van der Waals surface area contributed by atoms with Crippen LogP contribution in [0.5, 0.6) is 0 Å². The summed E-state index contributed by atoms with van der Waals surface area (Å²) in [7, 11) is 0. The molecule has 1 heterocycles. The Morgan fingerprint density at radius 2 is 1.92 bits per heavy atom. The molecule has 0 bridgehead atoms. The maximum absolute atomic E-state index is 12.5. The number of carbonyl (C=O) groups excluding carboxylic acids is 2. The molecule has 1 saturated carbocycles. The summed E-state index contributed by atoms with van der Waals surface area (Å²) in [5.74, 6) is -0.892. The van der Waals surface area contributed by atoms with Crippen molar-refractivity contribution in [2.75, 3.05) is 0 Å². The van der Waals surface area contributed by atoms with Gasteiger partial charge >= 0.3 is 0 Å². The number of para-hydroxylation sites is 1. The number of hydrogen-bond acceptors (Lipinski definition) is 3. The average molecular weight is 326 g/mol. The van der Waals surface area contributed by atoms with E-state index in [9.17, 15) is 9.59 Å². The first kappa shape index (κ1) is 16.2. The first-order valence-corrected chi connectivity index (χ1v) is 8.28. The van der Waals surface area contributed by atoms with E-state index in [0.29, 0.717) is 5.69 Å². The van der Waals surface area contributed by atoms with Crippen molar-refractivity contribution in [2.24, 2.45) is 11.7 Å². The molecule has 2 atom stereocenters. The molecular formula is C18H22N4O2. The molecule has 2 amide bonds. The number of primary amides is 1. The topological polar surface area (TPSA) is 90.0 Å². The van der Waals surface area contributed by atoms with Gasteiger partial charge in [0.15, 0.2) is 5.69 Å². The standard InChI is InChI=1S/C18H22N4O2/c1-12-11-16(21-22(12)13-7-3-2-4-8-13)18(24)20-15-10-6-5-9-14(15)17(19)23/h2-4,7-8,11,14-15H,5-6,9-10H2,1H3,(H2,19,23)(H,20,24)/t14-,15+/m1/s1. The van der Waals surface area contributed by atoms with E-state index in [-0.39, 0.29) is 23.8 Å². The molecule has 1 aliphatic carbocycles. The predicted molar refractivity (Wildman–Crippen MR) is 90.7 cm³/mol.